The second kappa shape index (κ2) is 4.52. The zero-order valence-electron chi connectivity index (χ0n) is 12.2. The largest absolute Gasteiger partial charge is 0.463 e. The van der Waals surface area contributed by atoms with Crippen LogP contribution in [0.4, 0.5) is 5.82 Å². The number of furan rings is 1. The van der Waals surface area contributed by atoms with Crippen molar-refractivity contribution in [2.45, 2.75) is 20.3 Å². The third-order valence-electron chi connectivity index (χ3n) is 4.14. The highest BCUT2D eigenvalue weighted by Crippen LogP contribution is 2.34. The van der Waals surface area contributed by atoms with Gasteiger partial charge in [0.25, 0.3) is 0 Å². The zero-order valence-corrected chi connectivity index (χ0v) is 12.2. The van der Waals surface area contributed by atoms with Gasteiger partial charge in [-0.15, -0.1) is 0 Å². The van der Waals surface area contributed by atoms with Gasteiger partial charge in [-0.3, -0.25) is 0 Å². The molecule has 2 aromatic heterocycles. The summed E-state index contributed by atoms with van der Waals surface area (Å²) in [5.41, 5.74) is 5.83. The number of rotatable bonds is 2. The molecule has 0 unspecified atom stereocenters. The monoisotopic (exact) mass is 279 g/mol. The van der Waals surface area contributed by atoms with E-state index in [1.54, 1.807) is 6.26 Å². The van der Waals surface area contributed by atoms with E-state index >= 15 is 0 Å². The number of aromatic nitrogens is 2. The molecule has 106 valence electrons. The Morgan fingerprint density at radius 2 is 2.10 bits per heavy atom. The molecule has 0 radical (unpaired) electrons. The van der Waals surface area contributed by atoms with Gasteiger partial charge in [0.2, 0.25) is 0 Å². The standard InChI is InChI=1S/C17H17N3O/c1-11-5-6-13(10-12(11)2)20-17-14(7-8-18-17)16(19-20)15-4-3-9-21-15/h3-6,9-10,18H,7-8H2,1-2H3. The van der Waals surface area contributed by atoms with Crippen molar-refractivity contribution in [1.29, 1.82) is 0 Å². The first-order chi connectivity index (χ1) is 10.2. The Hall–Kier alpha value is -2.49. The van der Waals surface area contributed by atoms with Crippen LogP contribution in [0.3, 0.4) is 0 Å². The molecule has 0 saturated carbocycles. The molecule has 0 bridgehead atoms. The molecule has 3 aromatic rings. The topological polar surface area (TPSA) is 43.0 Å². The lowest BCUT2D eigenvalue weighted by Gasteiger charge is -2.08. The summed E-state index contributed by atoms with van der Waals surface area (Å²) in [6.07, 6.45) is 2.68. The highest BCUT2D eigenvalue weighted by Gasteiger charge is 2.25. The number of benzene rings is 1. The van der Waals surface area contributed by atoms with Crippen LogP contribution >= 0.6 is 0 Å². The molecule has 0 amide bonds. The number of hydrogen-bond acceptors (Lipinski definition) is 3. The molecule has 1 aliphatic rings. The van der Waals surface area contributed by atoms with Crippen LogP contribution in [0.1, 0.15) is 16.7 Å². The molecule has 1 aromatic carbocycles. The Labute approximate surface area is 123 Å². The van der Waals surface area contributed by atoms with Gasteiger partial charge in [0.05, 0.1) is 12.0 Å². The summed E-state index contributed by atoms with van der Waals surface area (Å²) in [5.74, 6) is 1.92. The lowest BCUT2D eigenvalue weighted by atomic mass is 10.1. The molecule has 0 fully saturated rings. The molecule has 4 rings (SSSR count). The van der Waals surface area contributed by atoms with Crippen LogP contribution in [0.15, 0.2) is 41.0 Å². The average Bonchev–Trinajstić information content (AvgIpc) is 3.17. The molecule has 3 heterocycles. The molecular formula is C17H17N3O. The van der Waals surface area contributed by atoms with Crippen molar-refractivity contribution in [3.63, 3.8) is 0 Å². The minimum absolute atomic E-state index is 0.831. The fourth-order valence-electron chi connectivity index (χ4n) is 2.83. The summed E-state index contributed by atoms with van der Waals surface area (Å²) in [7, 11) is 0. The first-order valence-electron chi connectivity index (χ1n) is 7.21. The molecule has 21 heavy (non-hydrogen) atoms. The lowest BCUT2D eigenvalue weighted by molar-refractivity contribution is 0.578. The van der Waals surface area contributed by atoms with Gasteiger partial charge in [0.1, 0.15) is 11.5 Å². The molecule has 0 spiro atoms. The van der Waals surface area contributed by atoms with Crippen molar-refractivity contribution in [2.24, 2.45) is 0 Å². The van der Waals surface area contributed by atoms with Gasteiger partial charge in [-0.1, -0.05) is 6.07 Å². The van der Waals surface area contributed by atoms with Crippen LogP contribution in [0.25, 0.3) is 17.1 Å². The third-order valence-corrected chi connectivity index (χ3v) is 4.14. The van der Waals surface area contributed by atoms with Crippen LogP contribution in [0, 0.1) is 13.8 Å². The molecule has 0 atom stereocenters. The molecule has 0 aliphatic carbocycles. The number of hydrogen-bond donors (Lipinski definition) is 1. The number of aryl methyl sites for hydroxylation is 2. The van der Waals surface area contributed by atoms with E-state index in [1.807, 2.05) is 16.8 Å². The van der Waals surface area contributed by atoms with Crippen LogP contribution < -0.4 is 5.32 Å². The Kier molecular flexibility index (Phi) is 2.64. The van der Waals surface area contributed by atoms with E-state index in [4.69, 9.17) is 9.52 Å². The summed E-state index contributed by atoms with van der Waals surface area (Å²) >= 11 is 0. The van der Waals surface area contributed by atoms with Gasteiger partial charge in [-0.05, 0) is 55.7 Å². The predicted octanol–water partition coefficient (Wildman–Crippen LogP) is 3.72. The Bertz CT molecular complexity index is 800. The highest BCUT2D eigenvalue weighted by atomic mass is 16.3. The van der Waals surface area contributed by atoms with E-state index in [-0.39, 0.29) is 0 Å². The van der Waals surface area contributed by atoms with E-state index in [0.29, 0.717) is 0 Å². The maximum Gasteiger partial charge on any atom is 0.154 e. The highest BCUT2D eigenvalue weighted by molar-refractivity contribution is 5.70. The van der Waals surface area contributed by atoms with E-state index in [1.165, 1.54) is 16.7 Å². The summed E-state index contributed by atoms with van der Waals surface area (Å²) < 4.78 is 7.53. The maximum atomic E-state index is 5.53. The lowest BCUT2D eigenvalue weighted by Crippen LogP contribution is -2.04. The summed E-state index contributed by atoms with van der Waals surface area (Å²) in [6.45, 7) is 5.20. The van der Waals surface area contributed by atoms with Crippen molar-refractivity contribution in [2.75, 3.05) is 11.9 Å². The minimum Gasteiger partial charge on any atom is -0.463 e. The third kappa shape index (κ3) is 1.87. The number of nitrogens with one attached hydrogen (secondary N) is 1. The molecule has 0 saturated heterocycles. The first-order valence-corrected chi connectivity index (χ1v) is 7.21. The van der Waals surface area contributed by atoms with Gasteiger partial charge in [-0.2, -0.15) is 5.10 Å². The van der Waals surface area contributed by atoms with E-state index in [2.05, 4.69) is 37.4 Å². The number of anilines is 1. The molecule has 4 nitrogen and oxygen atoms in total. The summed E-state index contributed by atoms with van der Waals surface area (Å²) in [5, 5.41) is 8.22. The van der Waals surface area contributed by atoms with E-state index in [0.717, 1.165) is 35.9 Å². The molecule has 1 N–H and O–H groups in total. The number of nitrogens with zero attached hydrogens (tertiary/aromatic N) is 2. The fourth-order valence-corrected chi connectivity index (χ4v) is 2.83. The van der Waals surface area contributed by atoms with Gasteiger partial charge in [0.15, 0.2) is 5.76 Å². The Morgan fingerprint density at radius 1 is 1.19 bits per heavy atom. The average molecular weight is 279 g/mol. The van der Waals surface area contributed by atoms with Crippen LogP contribution in [0.5, 0.6) is 0 Å². The van der Waals surface area contributed by atoms with Crippen molar-refractivity contribution in [3.05, 3.63) is 53.3 Å². The van der Waals surface area contributed by atoms with Crippen molar-refractivity contribution in [3.8, 4) is 17.1 Å². The van der Waals surface area contributed by atoms with Gasteiger partial charge in [-0.25, -0.2) is 4.68 Å². The Morgan fingerprint density at radius 3 is 2.86 bits per heavy atom. The zero-order chi connectivity index (χ0) is 14.4. The fraction of sp³-hybridized carbons (Fsp3) is 0.235. The molecular weight excluding hydrogens is 262 g/mol. The van der Waals surface area contributed by atoms with E-state index < -0.39 is 0 Å². The normalized spacial score (nSPS) is 13.2. The number of fused-ring (bicyclic) bond motifs is 1. The molecule has 1 aliphatic heterocycles. The van der Waals surface area contributed by atoms with Crippen molar-refractivity contribution in [1.82, 2.24) is 9.78 Å². The molecule has 4 heteroatoms. The summed E-state index contributed by atoms with van der Waals surface area (Å²) in [4.78, 5) is 0. The second-order valence-electron chi connectivity index (χ2n) is 5.51. The van der Waals surface area contributed by atoms with Gasteiger partial charge >= 0.3 is 0 Å². The van der Waals surface area contributed by atoms with Crippen LogP contribution in [0.2, 0.25) is 0 Å². The predicted molar refractivity (Wildman–Crippen MR) is 82.9 cm³/mol. The first kappa shape index (κ1) is 12.3. The maximum absolute atomic E-state index is 5.53. The SMILES string of the molecule is Cc1ccc(-n2nc(-c3ccco3)c3c2NCC3)cc1C. The van der Waals surface area contributed by atoms with Crippen molar-refractivity contribution < 1.29 is 4.42 Å². The minimum atomic E-state index is 0.831. The van der Waals surface area contributed by atoms with Crippen LogP contribution in [-0.4, -0.2) is 16.3 Å². The van der Waals surface area contributed by atoms with E-state index in [9.17, 15) is 0 Å². The Balaban J connectivity index is 1.90. The van der Waals surface area contributed by atoms with Gasteiger partial charge in [0, 0.05) is 12.1 Å². The smallest absolute Gasteiger partial charge is 0.154 e. The van der Waals surface area contributed by atoms with Crippen LogP contribution in [-0.2, 0) is 6.42 Å². The summed E-state index contributed by atoms with van der Waals surface area (Å²) in [6, 6.07) is 10.3. The van der Waals surface area contributed by atoms with Crippen molar-refractivity contribution >= 4 is 5.82 Å². The second-order valence-corrected chi connectivity index (χ2v) is 5.51. The van der Waals surface area contributed by atoms with Gasteiger partial charge < -0.3 is 9.73 Å². The quantitative estimate of drug-likeness (QED) is 0.777.